The van der Waals surface area contributed by atoms with Gasteiger partial charge in [-0.25, -0.2) is 0 Å². The summed E-state index contributed by atoms with van der Waals surface area (Å²) in [6.45, 7) is 6.84. The molecule has 0 aliphatic carbocycles. The van der Waals surface area contributed by atoms with Crippen LogP contribution < -0.4 is 0 Å². The summed E-state index contributed by atoms with van der Waals surface area (Å²) in [5, 5.41) is 0. The van der Waals surface area contributed by atoms with E-state index < -0.39 is 9.04 Å². The van der Waals surface area contributed by atoms with Gasteiger partial charge in [0.25, 0.3) is 0 Å². The quantitative estimate of drug-likeness (QED) is 0.558. The maximum absolute atomic E-state index is 5.54. The molecule has 0 saturated heterocycles. The molecule has 0 aliphatic rings. The van der Waals surface area contributed by atoms with Crippen molar-refractivity contribution in [2.75, 3.05) is 7.11 Å². The minimum absolute atomic E-state index is 0.787. The van der Waals surface area contributed by atoms with Crippen molar-refractivity contribution in [3.8, 4) is 0 Å². The average Bonchev–Trinajstić information content (AvgIpc) is 2.05. The second-order valence-corrected chi connectivity index (χ2v) is 6.84. The molecular formula is C10H24OSi. The van der Waals surface area contributed by atoms with Crippen LogP contribution in [0, 0.1) is 5.92 Å². The predicted molar refractivity (Wildman–Crippen MR) is 58.1 cm³/mol. The van der Waals surface area contributed by atoms with Gasteiger partial charge in [0.15, 0.2) is 9.04 Å². The zero-order valence-corrected chi connectivity index (χ0v) is 10.3. The third-order valence-corrected chi connectivity index (χ3v) is 4.98. The first kappa shape index (κ1) is 12.2. The molecule has 0 aliphatic heterocycles. The normalized spacial score (nSPS) is 13.8. The molecule has 0 heterocycles. The van der Waals surface area contributed by atoms with E-state index in [4.69, 9.17) is 4.43 Å². The minimum Gasteiger partial charge on any atom is -0.423 e. The fourth-order valence-electron chi connectivity index (χ4n) is 1.33. The van der Waals surface area contributed by atoms with Gasteiger partial charge >= 0.3 is 0 Å². The summed E-state index contributed by atoms with van der Waals surface area (Å²) in [6.07, 6.45) is 4.03. The van der Waals surface area contributed by atoms with Crippen molar-refractivity contribution < 1.29 is 4.43 Å². The Morgan fingerprint density at radius 1 is 1.25 bits per heavy atom. The Morgan fingerprint density at radius 3 is 2.33 bits per heavy atom. The number of unbranched alkanes of at least 4 members (excludes halogenated alkanes) is 1. The highest BCUT2D eigenvalue weighted by Crippen LogP contribution is 2.12. The summed E-state index contributed by atoms with van der Waals surface area (Å²) in [4.78, 5) is 0. The van der Waals surface area contributed by atoms with Crippen molar-refractivity contribution in [1.82, 2.24) is 0 Å². The third kappa shape index (κ3) is 6.86. The highest BCUT2D eigenvalue weighted by Gasteiger charge is 2.09. The molecule has 0 aromatic carbocycles. The summed E-state index contributed by atoms with van der Waals surface area (Å²) in [5.41, 5.74) is 0. The summed E-state index contributed by atoms with van der Waals surface area (Å²) < 4.78 is 5.54. The van der Waals surface area contributed by atoms with E-state index in [0.717, 1.165) is 5.92 Å². The Morgan fingerprint density at radius 2 is 1.92 bits per heavy atom. The van der Waals surface area contributed by atoms with E-state index in [0.29, 0.717) is 0 Å². The Kier molecular flexibility index (Phi) is 7.92. The Hall–Kier alpha value is 0.177. The second-order valence-electron chi connectivity index (χ2n) is 3.97. The van der Waals surface area contributed by atoms with Crippen LogP contribution in [0.3, 0.4) is 0 Å². The first-order chi connectivity index (χ1) is 5.70. The van der Waals surface area contributed by atoms with Gasteiger partial charge in [-0.1, -0.05) is 40.0 Å². The summed E-state index contributed by atoms with van der Waals surface area (Å²) in [6, 6.07) is 2.74. The lowest BCUT2D eigenvalue weighted by molar-refractivity contribution is 0.410. The Bertz CT molecular complexity index is 93.8. The Balaban J connectivity index is 3.39. The predicted octanol–water partition coefficient (Wildman–Crippen LogP) is 3.20. The van der Waals surface area contributed by atoms with Crippen molar-refractivity contribution in [1.29, 1.82) is 0 Å². The molecule has 1 unspecified atom stereocenters. The third-order valence-electron chi connectivity index (χ3n) is 2.28. The SMILES string of the molecule is CCCC[SiH](CCC(C)C)OC. The number of rotatable bonds is 7. The van der Waals surface area contributed by atoms with Gasteiger partial charge < -0.3 is 4.43 Å². The van der Waals surface area contributed by atoms with E-state index in [1.807, 2.05) is 7.11 Å². The molecule has 0 radical (unpaired) electrons. The molecule has 74 valence electrons. The molecule has 1 nitrogen and oxygen atoms in total. The lowest BCUT2D eigenvalue weighted by Gasteiger charge is -2.13. The van der Waals surface area contributed by atoms with Crippen molar-refractivity contribution in [2.45, 2.75) is 52.1 Å². The molecule has 0 spiro atoms. The number of hydrogen-bond acceptors (Lipinski definition) is 1. The van der Waals surface area contributed by atoms with Gasteiger partial charge in [0, 0.05) is 7.11 Å². The molecule has 0 saturated carbocycles. The molecule has 0 bridgehead atoms. The average molecular weight is 188 g/mol. The van der Waals surface area contributed by atoms with Crippen LogP contribution in [-0.2, 0) is 4.43 Å². The molecule has 2 heteroatoms. The lowest BCUT2D eigenvalue weighted by Crippen LogP contribution is -2.15. The van der Waals surface area contributed by atoms with Crippen molar-refractivity contribution in [3.63, 3.8) is 0 Å². The number of hydrogen-bond donors (Lipinski definition) is 0. The highest BCUT2D eigenvalue weighted by atomic mass is 28.3. The van der Waals surface area contributed by atoms with E-state index in [1.54, 1.807) is 0 Å². The maximum Gasteiger partial charge on any atom is 0.176 e. The van der Waals surface area contributed by atoms with Crippen LogP contribution in [0.15, 0.2) is 0 Å². The maximum atomic E-state index is 5.54. The van der Waals surface area contributed by atoms with Gasteiger partial charge in [-0.05, 0) is 18.0 Å². The van der Waals surface area contributed by atoms with E-state index >= 15 is 0 Å². The van der Waals surface area contributed by atoms with Crippen molar-refractivity contribution in [2.24, 2.45) is 5.92 Å². The van der Waals surface area contributed by atoms with Crippen LogP contribution in [0.25, 0.3) is 0 Å². The molecular weight excluding hydrogens is 164 g/mol. The summed E-state index contributed by atoms with van der Waals surface area (Å²) in [7, 11) is 1.11. The molecule has 0 aromatic rings. The van der Waals surface area contributed by atoms with Gasteiger partial charge in [-0.2, -0.15) is 0 Å². The smallest absolute Gasteiger partial charge is 0.176 e. The molecule has 0 aromatic heterocycles. The molecule has 1 atom stereocenters. The van der Waals surface area contributed by atoms with E-state index in [1.165, 1.54) is 31.4 Å². The molecule has 0 amide bonds. The van der Waals surface area contributed by atoms with Gasteiger partial charge in [0.1, 0.15) is 0 Å². The molecule has 0 rings (SSSR count). The van der Waals surface area contributed by atoms with Crippen LogP contribution in [0.1, 0.15) is 40.0 Å². The zero-order valence-electron chi connectivity index (χ0n) is 9.10. The van der Waals surface area contributed by atoms with Crippen LogP contribution in [0.2, 0.25) is 12.1 Å². The fraction of sp³-hybridized carbons (Fsp3) is 1.00. The van der Waals surface area contributed by atoms with Gasteiger partial charge in [-0.3, -0.25) is 0 Å². The monoisotopic (exact) mass is 188 g/mol. The minimum atomic E-state index is -0.787. The van der Waals surface area contributed by atoms with Crippen molar-refractivity contribution >= 4 is 9.04 Å². The highest BCUT2D eigenvalue weighted by molar-refractivity contribution is 6.51. The lowest BCUT2D eigenvalue weighted by atomic mass is 10.2. The van der Waals surface area contributed by atoms with Crippen LogP contribution >= 0.6 is 0 Å². The molecule has 12 heavy (non-hydrogen) atoms. The molecule has 0 N–H and O–H groups in total. The second kappa shape index (κ2) is 7.81. The van der Waals surface area contributed by atoms with Gasteiger partial charge in [0.2, 0.25) is 0 Å². The zero-order chi connectivity index (χ0) is 9.40. The topological polar surface area (TPSA) is 9.23 Å². The van der Waals surface area contributed by atoms with E-state index in [9.17, 15) is 0 Å². The van der Waals surface area contributed by atoms with Gasteiger partial charge in [0.05, 0.1) is 0 Å². The van der Waals surface area contributed by atoms with Crippen LogP contribution in [-0.4, -0.2) is 16.2 Å². The van der Waals surface area contributed by atoms with Crippen LogP contribution in [0.5, 0.6) is 0 Å². The van der Waals surface area contributed by atoms with Crippen LogP contribution in [0.4, 0.5) is 0 Å². The fourth-order valence-corrected chi connectivity index (χ4v) is 3.99. The largest absolute Gasteiger partial charge is 0.423 e. The first-order valence-electron chi connectivity index (χ1n) is 5.23. The van der Waals surface area contributed by atoms with E-state index in [2.05, 4.69) is 20.8 Å². The summed E-state index contributed by atoms with van der Waals surface area (Å²) in [5.74, 6) is 0.844. The first-order valence-corrected chi connectivity index (χ1v) is 7.33. The summed E-state index contributed by atoms with van der Waals surface area (Å²) >= 11 is 0. The standard InChI is InChI=1S/C10H24OSi/c1-5-6-8-12(11-4)9-7-10(2)3/h10,12H,5-9H2,1-4H3. The Labute approximate surface area is 79.2 Å². The molecule has 0 fully saturated rings. The van der Waals surface area contributed by atoms with Gasteiger partial charge in [-0.15, -0.1) is 0 Å². The van der Waals surface area contributed by atoms with Crippen molar-refractivity contribution in [3.05, 3.63) is 0 Å². The van der Waals surface area contributed by atoms with E-state index in [-0.39, 0.29) is 0 Å².